The van der Waals surface area contributed by atoms with Gasteiger partial charge in [-0.25, -0.2) is 0 Å². The van der Waals surface area contributed by atoms with E-state index in [1.165, 1.54) is 11.8 Å². The van der Waals surface area contributed by atoms with Crippen molar-refractivity contribution in [2.75, 3.05) is 53.1 Å². The van der Waals surface area contributed by atoms with Gasteiger partial charge in [0.05, 0.1) is 31.8 Å². The predicted molar refractivity (Wildman–Crippen MR) is 111 cm³/mol. The van der Waals surface area contributed by atoms with Crippen LogP contribution in [0.25, 0.3) is 6.08 Å². The molecule has 1 aromatic rings. The molecule has 2 saturated heterocycles. The first-order valence-corrected chi connectivity index (χ1v) is 10.2. The second-order valence-corrected chi connectivity index (χ2v) is 7.81. The molecular formula is C19H24N2O4S2. The van der Waals surface area contributed by atoms with Gasteiger partial charge in [0.25, 0.3) is 5.91 Å². The van der Waals surface area contributed by atoms with E-state index in [1.54, 1.807) is 12.0 Å². The number of benzene rings is 1. The lowest BCUT2D eigenvalue weighted by Crippen LogP contribution is -2.42. The molecule has 3 rings (SSSR count). The Balaban J connectivity index is 1.68. The maximum absolute atomic E-state index is 12.8. The molecular weight excluding hydrogens is 384 g/mol. The first-order chi connectivity index (χ1) is 13.1. The highest BCUT2D eigenvalue weighted by molar-refractivity contribution is 8.26. The minimum absolute atomic E-state index is 0.0360. The fourth-order valence-corrected chi connectivity index (χ4v) is 4.27. The fourth-order valence-electron chi connectivity index (χ4n) is 2.96. The summed E-state index contributed by atoms with van der Waals surface area (Å²) in [6.07, 6.45) is 1.85. The van der Waals surface area contributed by atoms with E-state index >= 15 is 0 Å². The van der Waals surface area contributed by atoms with Crippen LogP contribution in [-0.4, -0.2) is 73.1 Å². The summed E-state index contributed by atoms with van der Waals surface area (Å²) in [5.74, 6) is 1.30. The Morgan fingerprint density at radius 2 is 2.04 bits per heavy atom. The van der Waals surface area contributed by atoms with Gasteiger partial charge in [0.15, 0.2) is 11.5 Å². The number of methoxy groups -OCH3 is 1. The summed E-state index contributed by atoms with van der Waals surface area (Å²) in [7, 11) is 1.60. The van der Waals surface area contributed by atoms with Crippen LogP contribution in [0.3, 0.4) is 0 Å². The standard InChI is InChI=1S/C19H24N2O4S2/c1-3-25-15-5-4-14(12-16(15)23-2)13-17-18(22)21(19(26)27-17)7-6-20-8-10-24-11-9-20/h4-5,12-13H,3,6-11H2,1-2H3. The van der Waals surface area contributed by atoms with Gasteiger partial charge in [-0.1, -0.05) is 30.0 Å². The van der Waals surface area contributed by atoms with E-state index in [4.69, 9.17) is 26.4 Å². The quantitative estimate of drug-likeness (QED) is 0.508. The largest absolute Gasteiger partial charge is 0.493 e. The molecule has 146 valence electrons. The van der Waals surface area contributed by atoms with Crippen LogP contribution in [0.2, 0.25) is 0 Å². The van der Waals surface area contributed by atoms with Crippen molar-refractivity contribution in [3.63, 3.8) is 0 Å². The van der Waals surface area contributed by atoms with Gasteiger partial charge >= 0.3 is 0 Å². The minimum atomic E-state index is -0.0360. The highest BCUT2D eigenvalue weighted by Crippen LogP contribution is 2.34. The van der Waals surface area contributed by atoms with Gasteiger partial charge in [0.1, 0.15) is 4.32 Å². The van der Waals surface area contributed by atoms with Crippen LogP contribution in [0.4, 0.5) is 0 Å². The number of hydrogen-bond acceptors (Lipinski definition) is 7. The molecule has 1 aromatic carbocycles. The van der Waals surface area contributed by atoms with E-state index in [0.717, 1.165) is 38.4 Å². The summed E-state index contributed by atoms with van der Waals surface area (Å²) in [5.41, 5.74) is 0.879. The average Bonchev–Trinajstić information content (AvgIpc) is 2.95. The van der Waals surface area contributed by atoms with Gasteiger partial charge in [-0.15, -0.1) is 0 Å². The number of carbonyl (C=O) groups excluding carboxylic acids is 1. The smallest absolute Gasteiger partial charge is 0.266 e. The monoisotopic (exact) mass is 408 g/mol. The lowest BCUT2D eigenvalue weighted by atomic mass is 10.2. The molecule has 8 heteroatoms. The Morgan fingerprint density at radius 1 is 1.26 bits per heavy atom. The first kappa shape index (κ1) is 20.1. The zero-order chi connectivity index (χ0) is 19.2. The van der Waals surface area contributed by atoms with Gasteiger partial charge in [0, 0.05) is 26.2 Å². The molecule has 0 radical (unpaired) electrons. The molecule has 0 bridgehead atoms. The van der Waals surface area contributed by atoms with Crippen LogP contribution in [0.1, 0.15) is 12.5 Å². The van der Waals surface area contributed by atoms with E-state index < -0.39 is 0 Å². The Bertz CT molecular complexity index is 732. The molecule has 0 spiro atoms. The van der Waals surface area contributed by atoms with Crippen molar-refractivity contribution < 1.29 is 19.0 Å². The molecule has 0 atom stereocenters. The zero-order valence-electron chi connectivity index (χ0n) is 15.6. The van der Waals surface area contributed by atoms with E-state index in [9.17, 15) is 4.79 Å². The normalized spacial score (nSPS) is 19.8. The summed E-state index contributed by atoms with van der Waals surface area (Å²) in [5, 5.41) is 0. The molecule has 6 nitrogen and oxygen atoms in total. The number of nitrogens with zero attached hydrogens (tertiary/aromatic N) is 2. The van der Waals surface area contributed by atoms with Crippen molar-refractivity contribution in [3.05, 3.63) is 28.7 Å². The van der Waals surface area contributed by atoms with Crippen molar-refractivity contribution in [1.29, 1.82) is 0 Å². The summed E-state index contributed by atoms with van der Waals surface area (Å²) in [6.45, 7) is 7.20. The molecule has 0 N–H and O–H groups in total. The number of amides is 1. The zero-order valence-corrected chi connectivity index (χ0v) is 17.2. The first-order valence-electron chi connectivity index (χ1n) is 8.98. The molecule has 2 heterocycles. The number of thioether (sulfide) groups is 1. The molecule has 0 unspecified atom stereocenters. The topological polar surface area (TPSA) is 51.2 Å². The number of rotatable bonds is 7. The fraction of sp³-hybridized carbons (Fsp3) is 0.474. The summed E-state index contributed by atoms with van der Waals surface area (Å²) in [6, 6.07) is 5.63. The second-order valence-electron chi connectivity index (χ2n) is 6.13. The third kappa shape index (κ3) is 5.01. The maximum atomic E-state index is 12.8. The predicted octanol–water partition coefficient (Wildman–Crippen LogP) is 2.63. The Morgan fingerprint density at radius 3 is 2.74 bits per heavy atom. The van der Waals surface area contributed by atoms with Gasteiger partial charge < -0.3 is 14.2 Å². The highest BCUT2D eigenvalue weighted by atomic mass is 32.2. The number of morpholine rings is 1. The average molecular weight is 409 g/mol. The van der Waals surface area contributed by atoms with E-state index in [1.807, 2.05) is 31.2 Å². The molecule has 0 aromatic heterocycles. The van der Waals surface area contributed by atoms with Gasteiger partial charge in [-0.05, 0) is 30.7 Å². The summed E-state index contributed by atoms with van der Waals surface area (Å²) in [4.78, 5) is 17.4. The van der Waals surface area contributed by atoms with E-state index in [0.29, 0.717) is 33.9 Å². The third-order valence-corrected chi connectivity index (χ3v) is 5.78. The van der Waals surface area contributed by atoms with Crippen LogP contribution in [-0.2, 0) is 9.53 Å². The van der Waals surface area contributed by atoms with Crippen molar-refractivity contribution in [2.45, 2.75) is 6.92 Å². The van der Waals surface area contributed by atoms with E-state index in [-0.39, 0.29) is 5.91 Å². The molecule has 1 amide bonds. The lowest BCUT2D eigenvalue weighted by Gasteiger charge is -2.28. The van der Waals surface area contributed by atoms with Crippen LogP contribution < -0.4 is 9.47 Å². The number of carbonyl (C=O) groups is 1. The number of thiocarbonyl (C=S) groups is 1. The molecule has 0 saturated carbocycles. The molecule has 27 heavy (non-hydrogen) atoms. The Hall–Kier alpha value is -1.61. The van der Waals surface area contributed by atoms with Gasteiger partial charge in [0.2, 0.25) is 0 Å². The van der Waals surface area contributed by atoms with E-state index in [2.05, 4.69) is 4.90 Å². The van der Waals surface area contributed by atoms with Crippen LogP contribution in [0.5, 0.6) is 11.5 Å². The van der Waals surface area contributed by atoms with Crippen molar-refractivity contribution in [3.8, 4) is 11.5 Å². The highest BCUT2D eigenvalue weighted by Gasteiger charge is 2.32. The molecule has 2 fully saturated rings. The van der Waals surface area contributed by atoms with Crippen molar-refractivity contribution in [1.82, 2.24) is 9.80 Å². The van der Waals surface area contributed by atoms with Crippen molar-refractivity contribution in [2.24, 2.45) is 0 Å². The summed E-state index contributed by atoms with van der Waals surface area (Å²) < 4.78 is 16.9. The van der Waals surface area contributed by atoms with Crippen molar-refractivity contribution >= 4 is 40.3 Å². The lowest BCUT2D eigenvalue weighted by molar-refractivity contribution is -0.122. The van der Waals surface area contributed by atoms with Gasteiger partial charge in [-0.3, -0.25) is 14.6 Å². The summed E-state index contributed by atoms with van der Waals surface area (Å²) >= 11 is 6.77. The van der Waals surface area contributed by atoms with Crippen LogP contribution in [0.15, 0.2) is 23.1 Å². The maximum Gasteiger partial charge on any atom is 0.266 e. The van der Waals surface area contributed by atoms with Crippen LogP contribution in [0, 0.1) is 0 Å². The SMILES string of the molecule is CCOc1ccc(C=C2SC(=S)N(CCN3CCOCC3)C2=O)cc1OC. The number of hydrogen-bond donors (Lipinski definition) is 0. The molecule has 2 aliphatic rings. The molecule has 0 aliphatic carbocycles. The van der Waals surface area contributed by atoms with Gasteiger partial charge in [-0.2, -0.15) is 0 Å². The second kappa shape index (κ2) is 9.54. The Labute approximate surface area is 169 Å². The minimum Gasteiger partial charge on any atom is -0.493 e. The number of ether oxygens (including phenoxy) is 3. The third-order valence-electron chi connectivity index (χ3n) is 4.40. The van der Waals surface area contributed by atoms with Crippen LogP contribution >= 0.6 is 24.0 Å². The Kier molecular flexibility index (Phi) is 7.12. The molecule has 2 aliphatic heterocycles.